The highest BCUT2D eigenvalue weighted by Crippen LogP contribution is 2.23. The van der Waals surface area contributed by atoms with Crippen molar-refractivity contribution in [3.05, 3.63) is 12.7 Å². The molecule has 1 saturated carbocycles. The molecule has 2 amide bonds. The second-order valence-electron chi connectivity index (χ2n) is 3.61. The number of nitrogens with two attached hydrogens (primary N) is 1. The van der Waals surface area contributed by atoms with Crippen molar-refractivity contribution in [2.45, 2.75) is 31.7 Å². The van der Waals surface area contributed by atoms with E-state index in [-0.39, 0.29) is 23.8 Å². The molecule has 0 aromatic heterocycles. The number of carbonyl (C=O) groups excluding carboxylic acids is 2. The van der Waals surface area contributed by atoms with E-state index in [1.165, 1.54) is 6.08 Å². The summed E-state index contributed by atoms with van der Waals surface area (Å²) in [5.74, 6) is -0.769. The third-order valence-corrected chi connectivity index (χ3v) is 2.64. The van der Waals surface area contributed by atoms with Gasteiger partial charge in [-0.05, 0) is 18.9 Å². The number of carbonyl (C=O) groups is 2. The molecule has 78 valence electrons. The number of nitrogens with one attached hydrogen (secondary N) is 1. The minimum atomic E-state index is -0.320. The molecule has 0 bridgehead atoms. The lowest BCUT2D eigenvalue weighted by molar-refractivity contribution is -0.124. The van der Waals surface area contributed by atoms with E-state index in [0.29, 0.717) is 0 Å². The van der Waals surface area contributed by atoms with Gasteiger partial charge in [0.25, 0.3) is 0 Å². The van der Waals surface area contributed by atoms with Gasteiger partial charge in [0.1, 0.15) is 0 Å². The molecule has 1 rings (SSSR count). The van der Waals surface area contributed by atoms with Crippen molar-refractivity contribution in [1.29, 1.82) is 0 Å². The summed E-state index contributed by atoms with van der Waals surface area (Å²) in [4.78, 5) is 22.1. The highest BCUT2D eigenvalue weighted by molar-refractivity contribution is 5.88. The maximum Gasteiger partial charge on any atom is 0.243 e. The van der Waals surface area contributed by atoms with Crippen LogP contribution in [0.2, 0.25) is 0 Å². The lowest BCUT2D eigenvalue weighted by atomic mass is 9.84. The Morgan fingerprint density at radius 3 is 2.57 bits per heavy atom. The lowest BCUT2D eigenvalue weighted by Crippen LogP contribution is -2.46. The van der Waals surface area contributed by atoms with Crippen molar-refractivity contribution in [3.8, 4) is 0 Å². The van der Waals surface area contributed by atoms with Gasteiger partial charge in [-0.15, -0.1) is 0 Å². The number of primary amides is 1. The number of amides is 2. The van der Waals surface area contributed by atoms with Crippen LogP contribution in [0.5, 0.6) is 0 Å². The summed E-state index contributed by atoms with van der Waals surface area (Å²) in [6, 6.07) is -0.105. The molecule has 0 radical (unpaired) electrons. The molecule has 14 heavy (non-hydrogen) atoms. The van der Waals surface area contributed by atoms with E-state index in [1.807, 2.05) is 0 Å². The van der Waals surface area contributed by atoms with Gasteiger partial charge in [0.15, 0.2) is 0 Å². The summed E-state index contributed by atoms with van der Waals surface area (Å²) < 4.78 is 0. The van der Waals surface area contributed by atoms with Gasteiger partial charge in [0.2, 0.25) is 11.8 Å². The molecular formula is C10H16N2O2. The Labute approximate surface area is 83.5 Å². The van der Waals surface area contributed by atoms with Crippen molar-refractivity contribution in [3.63, 3.8) is 0 Å². The molecular weight excluding hydrogens is 180 g/mol. The van der Waals surface area contributed by atoms with Crippen molar-refractivity contribution < 1.29 is 9.59 Å². The Hall–Kier alpha value is -1.32. The first-order chi connectivity index (χ1) is 6.65. The fourth-order valence-electron chi connectivity index (χ4n) is 1.89. The first kappa shape index (κ1) is 10.8. The Morgan fingerprint density at radius 2 is 2.00 bits per heavy atom. The van der Waals surface area contributed by atoms with E-state index in [2.05, 4.69) is 11.9 Å². The molecule has 4 heteroatoms. The molecule has 2 atom stereocenters. The number of rotatable bonds is 3. The van der Waals surface area contributed by atoms with E-state index in [0.717, 1.165) is 25.7 Å². The van der Waals surface area contributed by atoms with Crippen LogP contribution in [-0.4, -0.2) is 17.9 Å². The molecule has 0 aromatic rings. The molecule has 1 aliphatic carbocycles. The average molecular weight is 196 g/mol. The molecule has 0 heterocycles. The normalized spacial score (nSPS) is 26.6. The summed E-state index contributed by atoms with van der Waals surface area (Å²) >= 11 is 0. The minimum Gasteiger partial charge on any atom is -0.369 e. The van der Waals surface area contributed by atoms with Crippen molar-refractivity contribution in [2.24, 2.45) is 11.7 Å². The zero-order chi connectivity index (χ0) is 10.6. The predicted molar refractivity (Wildman–Crippen MR) is 53.3 cm³/mol. The van der Waals surface area contributed by atoms with E-state index >= 15 is 0 Å². The standard InChI is InChI=1S/C10H16N2O2/c1-2-9(13)12-8-6-4-3-5-7(8)10(11)14/h2,7-8H,1,3-6H2,(H2,11,14)(H,12,13). The fourth-order valence-corrected chi connectivity index (χ4v) is 1.89. The third-order valence-electron chi connectivity index (χ3n) is 2.64. The van der Waals surface area contributed by atoms with Crippen LogP contribution < -0.4 is 11.1 Å². The minimum absolute atomic E-state index is 0.105. The zero-order valence-corrected chi connectivity index (χ0v) is 8.16. The van der Waals surface area contributed by atoms with Gasteiger partial charge in [-0.2, -0.15) is 0 Å². The quantitative estimate of drug-likeness (QED) is 0.638. The highest BCUT2D eigenvalue weighted by atomic mass is 16.2. The molecule has 0 aromatic carbocycles. The molecule has 3 N–H and O–H groups in total. The molecule has 1 fully saturated rings. The maximum absolute atomic E-state index is 11.1. The van der Waals surface area contributed by atoms with E-state index in [4.69, 9.17) is 5.73 Å². The Morgan fingerprint density at radius 1 is 1.36 bits per heavy atom. The lowest BCUT2D eigenvalue weighted by Gasteiger charge is -2.29. The molecule has 0 saturated heterocycles. The van der Waals surface area contributed by atoms with Gasteiger partial charge in [-0.3, -0.25) is 9.59 Å². The second-order valence-corrected chi connectivity index (χ2v) is 3.61. The number of hydrogen-bond donors (Lipinski definition) is 2. The second kappa shape index (κ2) is 4.79. The Kier molecular flexibility index (Phi) is 3.68. The van der Waals surface area contributed by atoms with Gasteiger partial charge in [0.05, 0.1) is 5.92 Å². The SMILES string of the molecule is C=CC(=O)NC1CCCCC1C(N)=O. The Bertz CT molecular complexity index is 251. The predicted octanol–water partition coefficient (Wildman–Crippen LogP) is 0.333. The van der Waals surface area contributed by atoms with E-state index in [1.54, 1.807) is 0 Å². The molecule has 2 unspecified atom stereocenters. The van der Waals surface area contributed by atoms with Crippen LogP contribution in [0, 0.1) is 5.92 Å². The Balaban J connectivity index is 2.58. The number of hydrogen-bond acceptors (Lipinski definition) is 2. The van der Waals surface area contributed by atoms with Crippen molar-refractivity contribution in [2.75, 3.05) is 0 Å². The molecule has 0 spiro atoms. The van der Waals surface area contributed by atoms with E-state index < -0.39 is 0 Å². The summed E-state index contributed by atoms with van der Waals surface area (Å²) in [7, 11) is 0. The first-order valence-corrected chi connectivity index (χ1v) is 4.87. The van der Waals surface area contributed by atoms with Crippen molar-refractivity contribution in [1.82, 2.24) is 5.32 Å². The summed E-state index contributed by atoms with van der Waals surface area (Å²) in [6.07, 6.45) is 4.86. The summed E-state index contributed by atoms with van der Waals surface area (Å²) in [5.41, 5.74) is 5.26. The fraction of sp³-hybridized carbons (Fsp3) is 0.600. The van der Waals surface area contributed by atoms with Crippen LogP contribution in [-0.2, 0) is 9.59 Å². The van der Waals surface area contributed by atoms with Crippen LogP contribution in [0.3, 0.4) is 0 Å². The molecule has 1 aliphatic rings. The van der Waals surface area contributed by atoms with Gasteiger partial charge in [-0.1, -0.05) is 19.4 Å². The van der Waals surface area contributed by atoms with Crippen molar-refractivity contribution >= 4 is 11.8 Å². The monoisotopic (exact) mass is 196 g/mol. The summed E-state index contributed by atoms with van der Waals surface area (Å²) in [5, 5.41) is 2.74. The average Bonchev–Trinajstić information content (AvgIpc) is 2.18. The molecule has 4 nitrogen and oxygen atoms in total. The van der Waals surface area contributed by atoms with Crippen LogP contribution in [0.4, 0.5) is 0 Å². The highest BCUT2D eigenvalue weighted by Gasteiger charge is 2.29. The smallest absolute Gasteiger partial charge is 0.243 e. The topological polar surface area (TPSA) is 72.2 Å². The first-order valence-electron chi connectivity index (χ1n) is 4.87. The third kappa shape index (κ3) is 2.58. The van der Waals surface area contributed by atoms with Crippen LogP contribution in [0.1, 0.15) is 25.7 Å². The summed E-state index contributed by atoms with van der Waals surface area (Å²) in [6.45, 7) is 3.37. The van der Waals surface area contributed by atoms with Gasteiger partial charge >= 0.3 is 0 Å². The molecule has 0 aliphatic heterocycles. The largest absolute Gasteiger partial charge is 0.369 e. The van der Waals surface area contributed by atoms with Crippen LogP contribution in [0.15, 0.2) is 12.7 Å². The van der Waals surface area contributed by atoms with Crippen LogP contribution in [0.25, 0.3) is 0 Å². The van der Waals surface area contributed by atoms with Gasteiger partial charge < -0.3 is 11.1 Å². The maximum atomic E-state index is 11.1. The van der Waals surface area contributed by atoms with E-state index in [9.17, 15) is 9.59 Å². The van der Waals surface area contributed by atoms with Crippen LogP contribution >= 0.6 is 0 Å². The van der Waals surface area contributed by atoms with Gasteiger partial charge in [-0.25, -0.2) is 0 Å². The van der Waals surface area contributed by atoms with Gasteiger partial charge in [0, 0.05) is 6.04 Å². The zero-order valence-electron chi connectivity index (χ0n) is 8.16.